The van der Waals surface area contributed by atoms with Gasteiger partial charge in [-0.3, -0.25) is 4.57 Å². The Balaban J connectivity index is 2.38. The predicted molar refractivity (Wildman–Crippen MR) is 87.2 cm³/mol. The van der Waals surface area contributed by atoms with E-state index in [0.29, 0.717) is 0 Å². The van der Waals surface area contributed by atoms with Crippen LogP contribution in [0, 0.1) is 6.92 Å². The van der Waals surface area contributed by atoms with Gasteiger partial charge in [-0.05, 0) is 44.0 Å². The zero-order valence-electron chi connectivity index (χ0n) is 12.5. The van der Waals surface area contributed by atoms with Crippen molar-refractivity contribution in [3.63, 3.8) is 0 Å². The minimum atomic E-state index is -0.176. The number of alkyl halides is 1. The van der Waals surface area contributed by atoms with Gasteiger partial charge >= 0.3 is 0 Å². The Kier molecular flexibility index (Phi) is 3.68. The van der Waals surface area contributed by atoms with Crippen molar-refractivity contribution in [1.82, 2.24) is 14.5 Å². The highest BCUT2D eigenvalue weighted by molar-refractivity contribution is 6.20. The third-order valence-electron chi connectivity index (χ3n) is 3.64. The van der Waals surface area contributed by atoms with E-state index in [9.17, 15) is 0 Å². The van der Waals surface area contributed by atoms with Crippen molar-refractivity contribution in [3.8, 4) is 5.69 Å². The first-order valence-electron chi connectivity index (χ1n) is 7.20. The van der Waals surface area contributed by atoms with E-state index >= 15 is 0 Å². The maximum atomic E-state index is 6.35. The standard InChI is InChI=1S/C17H18ClN3/c1-4-13-7-5-6-8-15(13)21-16(12(3)18)20-14-10-9-11(2)19-17(14)21/h5-10,12H,4H2,1-3H3. The molecule has 1 atom stereocenters. The summed E-state index contributed by atoms with van der Waals surface area (Å²) in [6, 6.07) is 12.3. The Labute approximate surface area is 129 Å². The van der Waals surface area contributed by atoms with E-state index in [1.807, 2.05) is 32.0 Å². The number of halogens is 1. The first-order valence-corrected chi connectivity index (χ1v) is 7.63. The Bertz CT molecular complexity index is 790. The number of benzene rings is 1. The smallest absolute Gasteiger partial charge is 0.164 e. The lowest BCUT2D eigenvalue weighted by atomic mass is 10.1. The van der Waals surface area contributed by atoms with Crippen LogP contribution in [-0.2, 0) is 6.42 Å². The Hall–Kier alpha value is -1.87. The molecule has 21 heavy (non-hydrogen) atoms. The number of rotatable bonds is 3. The monoisotopic (exact) mass is 299 g/mol. The van der Waals surface area contributed by atoms with Gasteiger partial charge in [0.2, 0.25) is 0 Å². The number of hydrogen-bond donors (Lipinski definition) is 0. The lowest BCUT2D eigenvalue weighted by Crippen LogP contribution is -2.05. The van der Waals surface area contributed by atoms with Crippen molar-refractivity contribution in [3.05, 3.63) is 53.5 Å². The molecule has 0 aliphatic heterocycles. The number of fused-ring (bicyclic) bond motifs is 1. The molecule has 108 valence electrons. The van der Waals surface area contributed by atoms with Crippen molar-refractivity contribution >= 4 is 22.8 Å². The van der Waals surface area contributed by atoms with E-state index in [1.54, 1.807) is 0 Å². The number of hydrogen-bond acceptors (Lipinski definition) is 2. The third-order valence-corrected chi connectivity index (χ3v) is 3.83. The van der Waals surface area contributed by atoms with Crippen molar-refractivity contribution in [1.29, 1.82) is 0 Å². The molecule has 2 aromatic heterocycles. The molecule has 0 amide bonds. The lowest BCUT2D eigenvalue weighted by molar-refractivity contribution is 0.866. The molecule has 0 saturated heterocycles. The van der Waals surface area contributed by atoms with Crippen LogP contribution in [0.25, 0.3) is 16.9 Å². The van der Waals surface area contributed by atoms with Crippen molar-refractivity contribution in [2.45, 2.75) is 32.6 Å². The largest absolute Gasteiger partial charge is 0.279 e. The van der Waals surface area contributed by atoms with Crippen LogP contribution >= 0.6 is 11.6 Å². The second kappa shape index (κ2) is 5.49. The van der Waals surface area contributed by atoms with Crippen LogP contribution < -0.4 is 0 Å². The fourth-order valence-electron chi connectivity index (χ4n) is 2.60. The highest BCUT2D eigenvalue weighted by atomic mass is 35.5. The van der Waals surface area contributed by atoms with Gasteiger partial charge in [-0.15, -0.1) is 11.6 Å². The summed E-state index contributed by atoms with van der Waals surface area (Å²) in [6.07, 6.45) is 0.956. The number of nitrogens with zero attached hydrogens (tertiary/aromatic N) is 3. The zero-order chi connectivity index (χ0) is 15.0. The van der Waals surface area contributed by atoms with Crippen molar-refractivity contribution in [2.24, 2.45) is 0 Å². The third kappa shape index (κ3) is 2.42. The maximum Gasteiger partial charge on any atom is 0.164 e. The molecule has 0 aliphatic rings. The first-order chi connectivity index (χ1) is 10.1. The highest BCUT2D eigenvalue weighted by Gasteiger charge is 2.18. The molecule has 0 aliphatic carbocycles. The fourth-order valence-corrected chi connectivity index (χ4v) is 2.75. The van der Waals surface area contributed by atoms with Gasteiger partial charge in [0.25, 0.3) is 0 Å². The van der Waals surface area contributed by atoms with E-state index in [2.05, 4.69) is 39.7 Å². The molecule has 0 bridgehead atoms. The van der Waals surface area contributed by atoms with E-state index in [-0.39, 0.29) is 5.38 Å². The Morgan fingerprint density at radius 3 is 2.62 bits per heavy atom. The van der Waals surface area contributed by atoms with Gasteiger partial charge in [-0.2, -0.15) is 0 Å². The van der Waals surface area contributed by atoms with Crippen LogP contribution in [0.5, 0.6) is 0 Å². The molecular weight excluding hydrogens is 282 g/mol. The summed E-state index contributed by atoms with van der Waals surface area (Å²) in [6.45, 7) is 6.09. The number of imidazole rings is 1. The van der Waals surface area contributed by atoms with Crippen LogP contribution in [-0.4, -0.2) is 14.5 Å². The SMILES string of the molecule is CCc1ccccc1-n1c(C(C)Cl)nc2ccc(C)nc21. The molecule has 3 rings (SSSR count). The molecule has 0 fully saturated rings. The topological polar surface area (TPSA) is 30.7 Å². The molecular formula is C17H18ClN3. The van der Waals surface area contributed by atoms with Crippen molar-refractivity contribution in [2.75, 3.05) is 0 Å². The van der Waals surface area contributed by atoms with E-state index in [0.717, 1.165) is 34.8 Å². The molecule has 0 radical (unpaired) electrons. The van der Waals surface area contributed by atoms with E-state index in [1.165, 1.54) is 5.56 Å². The summed E-state index contributed by atoms with van der Waals surface area (Å²) in [7, 11) is 0. The summed E-state index contributed by atoms with van der Waals surface area (Å²) in [4.78, 5) is 9.35. The number of aryl methyl sites for hydroxylation is 2. The molecule has 3 nitrogen and oxygen atoms in total. The van der Waals surface area contributed by atoms with Gasteiger partial charge < -0.3 is 0 Å². The first kappa shape index (κ1) is 14.1. The molecule has 0 N–H and O–H groups in total. The van der Waals surface area contributed by atoms with Crippen LogP contribution in [0.1, 0.15) is 36.3 Å². The number of aromatic nitrogens is 3. The molecule has 0 spiro atoms. The Morgan fingerprint density at radius 2 is 1.90 bits per heavy atom. The molecule has 1 unspecified atom stereocenters. The lowest BCUT2D eigenvalue weighted by Gasteiger charge is -2.13. The summed E-state index contributed by atoms with van der Waals surface area (Å²) in [5.74, 6) is 0.839. The normalized spacial score (nSPS) is 12.8. The number of pyridine rings is 1. The van der Waals surface area contributed by atoms with E-state index < -0.39 is 0 Å². The average molecular weight is 300 g/mol. The molecule has 0 saturated carbocycles. The van der Waals surface area contributed by atoms with Gasteiger partial charge in [0.1, 0.15) is 11.3 Å². The van der Waals surface area contributed by atoms with Crippen LogP contribution in [0.4, 0.5) is 0 Å². The summed E-state index contributed by atoms with van der Waals surface area (Å²) < 4.78 is 2.10. The predicted octanol–water partition coefficient (Wildman–Crippen LogP) is 4.59. The zero-order valence-corrected chi connectivity index (χ0v) is 13.2. The van der Waals surface area contributed by atoms with Crippen molar-refractivity contribution < 1.29 is 0 Å². The molecule has 1 aromatic carbocycles. The maximum absolute atomic E-state index is 6.35. The highest BCUT2D eigenvalue weighted by Crippen LogP contribution is 2.29. The van der Waals surface area contributed by atoms with Crippen LogP contribution in [0.15, 0.2) is 36.4 Å². The van der Waals surface area contributed by atoms with Gasteiger partial charge in [-0.1, -0.05) is 25.1 Å². The van der Waals surface area contributed by atoms with Gasteiger partial charge in [0.05, 0.1) is 11.1 Å². The van der Waals surface area contributed by atoms with Gasteiger partial charge in [-0.25, -0.2) is 9.97 Å². The van der Waals surface area contributed by atoms with E-state index in [4.69, 9.17) is 11.6 Å². The molecule has 3 aromatic rings. The van der Waals surface area contributed by atoms with Gasteiger partial charge in [0.15, 0.2) is 5.65 Å². The second-order valence-corrected chi connectivity index (χ2v) is 5.85. The summed E-state index contributed by atoms with van der Waals surface area (Å²) in [5, 5.41) is -0.176. The molecule has 4 heteroatoms. The summed E-state index contributed by atoms with van der Waals surface area (Å²) in [5.41, 5.74) is 5.11. The minimum Gasteiger partial charge on any atom is -0.279 e. The van der Waals surface area contributed by atoms with Crippen LogP contribution in [0.3, 0.4) is 0 Å². The minimum absolute atomic E-state index is 0.176. The average Bonchev–Trinajstić information content (AvgIpc) is 2.85. The number of para-hydroxylation sites is 1. The summed E-state index contributed by atoms with van der Waals surface area (Å²) >= 11 is 6.35. The Morgan fingerprint density at radius 1 is 1.14 bits per heavy atom. The quantitative estimate of drug-likeness (QED) is 0.662. The second-order valence-electron chi connectivity index (χ2n) is 5.20. The fraction of sp³-hybridized carbons (Fsp3) is 0.294. The molecule has 2 heterocycles. The van der Waals surface area contributed by atoms with Gasteiger partial charge in [0, 0.05) is 5.69 Å². The van der Waals surface area contributed by atoms with Crippen LogP contribution in [0.2, 0.25) is 0 Å².